The maximum atomic E-state index is 13.0. The molecule has 1 heterocycles. The van der Waals surface area contributed by atoms with Crippen LogP contribution < -0.4 is 21.2 Å². The number of nitrogens with one attached hydrogen (secondary N) is 2. The molecule has 1 aromatic carbocycles. The van der Waals surface area contributed by atoms with Crippen molar-refractivity contribution < 1.29 is 18.7 Å². The predicted molar refractivity (Wildman–Crippen MR) is 110 cm³/mol. The Bertz CT molecular complexity index is 1000. The lowest BCUT2D eigenvalue weighted by Crippen LogP contribution is -2.31. The average molecular weight is 398 g/mol. The van der Waals surface area contributed by atoms with E-state index in [9.17, 15) is 9.59 Å². The summed E-state index contributed by atoms with van der Waals surface area (Å²) >= 11 is 0. The van der Waals surface area contributed by atoms with Crippen molar-refractivity contribution in [2.24, 2.45) is 16.3 Å². The van der Waals surface area contributed by atoms with E-state index in [1.54, 1.807) is 13.2 Å². The highest BCUT2D eigenvalue weighted by molar-refractivity contribution is 6.09. The number of ether oxygens (including phenoxy) is 1. The van der Waals surface area contributed by atoms with E-state index in [0.717, 1.165) is 11.1 Å². The van der Waals surface area contributed by atoms with Crippen molar-refractivity contribution in [1.82, 2.24) is 5.43 Å². The highest BCUT2D eigenvalue weighted by Crippen LogP contribution is 2.39. The molecule has 154 valence electrons. The molecule has 0 radical (unpaired) electrons. The van der Waals surface area contributed by atoms with E-state index in [2.05, 4.69) is 29.7 Å². The van der Waals surface area contributed by atoms with Crippen LogP contribution >= 0.6 is 0 Å². The molecule has 1 aliphatic carbocycles. The number of rotatable bonds is 4. The van der Waals surface area contributed by atoms with Gasteiger partial charge in [-0.1, -0.05) is 19.9 Å². The molecule has 8 heteroatoms. The summed E-state index contributed by atoms with van der Waals surface area (Å²) in [6.45, 7) is 7.89. The first-order chi connectivity index (χ1) is 13.6. The van der Waals surface area contributed by atoms with E-state index in [-0.39, 0.29) is 17.1 Å². The summed E-state index contributed by atoms with van der Waals surface area (Å²) in [5.41, 5.74) is 10.9. The van der Waals surface area contributed by atoms with Gasteiger partial charge in [0.2, 0.25) is 0 Å². The van der Waals surface area contributed by atoms with Crippen LogP contribution in [0.1, 0.15) is 53.3 Å². The van der Waals surface area contributed by atoms with Crippen LogP contribution in [0.3, 0.4) is 0 Å². The van der Waals surface area contributed by atoms with Gasteiger partial charge in [0.05, 0.1) is 18.5 Å². The van der Waals surface area contributed by atoms with Crippen molar-refractivity contribution in [3.05, 3.63) is 46.4 Å². The zero-order chi connectivity index (χ0) is 21.3. The van der Waals surface area contributed by atoms with Gasteiger partial charge in [0.1, 0.15) is 11.5 Å². The van der Waals surface area contributed by atoms with Crippen LogP contribution in [0.25, 0.3) is 0 Å². The maximum Gasteiger partial charge on any atom is 0.332 e. The number of hydrogen-bond donors (Lipinski definition) is 3. The van der Waals surface area contributed by atoms with Crippen molar-refractivity contribution in [2.45, 2.75) is 40.5 Å². The number of hydrogen-bond acceptors (Lipinski definition) is 5. The summed E-state index contributed by atoms with van der Waals surface area (Å²) in [5.74, 6) is 1.07. The van der Waals surface area contributed by atoms with Gasteiger partial charge in [0, 0.05) is 17.5 Å². The lowest BCUT2D eigenvalue weighted by molar-refractivity contribution is 0.0992. The Kier molecular flexibility index (Phi) is 5.37. The number of amides is 3. The van der Waals surface area contributed by atoms with Gasteiger partial charge >= 0.3 is 6.03 Å². The zero-order valence-electron chi connectivity index (χ0n) is 17.3. The van der Waals surface area contributed by atoms with Gasteiger partial charge in [-0.3, -0.25) is 4.79 Å². The molecular weight excluding hydrogens is 372 g/mol. The monoisotopic (exact) mass is 398 g/mol. The Labute approximate surface area is 169 Å². The second-order valence-corrected chi connectivity index (χ2v) is 8.06. The highest BCUT2D eigenvalue weighted by Gasteiger charge is 2.36. The molecule has 1 aliphatic rings. The second-order valence-electron chi connectivity index (χ2n) is 8.06. The maximum absolute atomic E-state index is 13.0. The van der Waals surface area contributed by atoms with Crippen LogP contribution in [0.15, 0.2) is 27.7 Å². The quantitative estimate of drug-likeness (QED) is 0.683. The first kappa shape index (κ1) is 20.4. The van der Waals surface area contributed by atoms with Gasteiger partial charge in [-0.15, -0.1) is 0 Å². The molecular formula is C21H26N4O4. The van der Waals surface area contributed by atoms with Crippen molar-refractivity contribution >= 4 is 23.3 Å². The van der Waals surface area contributed by atoms with E-state index in [4.69, 9.17) is 14.9 Å². The third-order valence-electron chi connectivity index (χ3n) is 4.90. The largest absolute Gasteiger partial charge is 0.495 e. The number of urea groups is 1. The fourth-order valence-electron chi connectivity index (χ4n) is 3.65. The Hall–Kier alpha value is -3.29. The molecule has 29 heavy (non-hydrogen) atoms. The fourth-order valence-corrected chi connectivity index (χ4v) is 3.65. The molecule has 4 N–H and O–H groups in total. The van der Waals surface area contributed by atoms with Crippen LogP contribution in [0.5, 0.6) is 5.75 Å². The van der Waals surface area contributed by atoms with Gasteiger partial charge in [-0.2, -0.15) is 5.10 Å². The van der Waals surface area contributed by atoms with E-state index < -0.39 is 6.03 Å². The lowest BCUT2D eigenvalue weighted by atomic mass is 9.75. The third kappa shape index (κ3) is 4.26. The van der Waals surface area contributed by atoms with Crippen LogP contribution in [0.4, 0.5) is 10.5 Å². The summed E-state index contributed by atoms with van der Waals surface area (Å²) in [5, 5.41) is 7.02. The van der Waals surface area contributed by atoms with Crippen molar-refractivity contribution in [2.75, 3.05) is 12.4 Å². The van der Waals surface area contributed by atoms with Gasteiger partial charge in [-0.25, -0.2) is 10.2 Å². The number of nitrogens with two attached hydrogens (primary N) is 1. The molecule has 0 unspecified atom stereocenters. The van der Waals surface area contributed by atoms with E-state index >= 15 is 0 Å². The SMILES string of the molecule is COc1ccc(C)cc1NC(=O)c1oc2c(c1C)/C(=N\NC(N)=O)CC(C)(C)C2. The van der Waals surface area contributed by atoms with Crippen molar-refractivity contribution in [1.29, 1.82) is 0 Å². The normalized spacial score (nSPS) is 16.2. The average Bonchev–Trinajstić information content (AvgIpc) is 2.95. The number of benzene rings is 1. The van der Waals surface area contributed by atoms with Crippen molar-refractivity contribution in [3.8, 4) is 5.75 Å². The molecule has 0 bridgehead atoms. The van der Waals surface area contributed by atoms with Gasteiger partial charge in [-0.05, 0) is 43.4 Å². The molecule has 0 fully saturated rings. The number of carbonyl (C=O) groups excluding carboxylic acids is 2. The summed E-state index contributed by atoms with van der Waals surface area (Å²) in [6.07, 6.45) is 1.27. The molecule has 0 spiro atoms. The minimum Gasteiger partial charge on any atom is -0.495 e. The number of hydrazone groups is 1. The Morgan fingerprint density at radius 3 is 2.62 bits per heavy atom. The Morgan fingerprint density at radius 2 is 1.97 bits per heavy atom. The molecule has 8 nitrogen and oxygen atoms in total. The standard InChI is InChI=1S/C21H26N4O4/c1-11-6-7-15(28-5)13(8-11)23-19(26)18-12(2)17-14(24-25-20(22)27)9-21(3,4)10-16(17)29-18/h6-8H,9-10H2,1-5H3,(H,23,26)(H3,22,25,27)/b24-14-. The molecule has 0 atom stereocenters. The van der Waals surface area contributed by atoms with Crippen molar-refractivity contribution in [3.63, 3.8) is 0 Å². The smallest absolute Gasteiger partial charge is 0.332 e. The highest BCUT2D eigenvalue weighted by atomic mass is 16.5. The second kappa shape index (κ2) is 7.62. The fraction of sp³-hybridized carbons (Fsp3) is 0.381. The molecule has 3 rings (SSSR count). The topological polar surface area (TPSA) is 119 Å². The number of furan rings is 1. The molecule has 1 aromatic heterocycles. The molecule has 3 amide bonds. The number of anilines is 1. The molecule has 0 saturated carbocycles. The Morgan fingerprint density at radius 1 is 1.24 bits per heavy atom. The number of primary amides is 1. The van der Waals surface area contributed by atoms with E-state index in [1.165, 1.54) is 0 Å². The first-order valence-corrected chi connectivity index (χ1v) is 9.32. The number of nitrogens with zero attached hydrogens (tertiary/aromatic N) is 1. The summed E-state index contributed by atoms with van der Waals surface area (Å²) in [4.78, 5) is 24.1. The van der Waals surface area contributed by atoms with Gasteiger partial charge in [0.25, 0.3) is 5.91 Å². The number of fused-ring (bicyclic) bond motifs is 1. The summed E-state index contributed by atoms with van der Waals surface area (Å²) < 4.78 is 11.3. The first-order valence-electron chi connectivity index (χ1n) is 9.32. The minimum absolute atomic E-state index is 0.136. The van der Waals surface area contributed by atoms with Gasteiger partial charge < -0.3 is 20.2 Å². The summed E-state index contributed by atoms with van der Waals surface area (Å²) in [6, 6.07) is 4.80. The van der Waals surface area contributed by atoms with Crippen LogP contribution in [0, 0.1) is 19.3 Å². The molecule has 0 saturated heterocycles. The zero-order valence-corrected chi connectivity index (χ0v) is 17.3. The molecule has 2 aromatic rings. The summed E-state index contributed by atoms with van der Waals surface area (Å²) in [7, 11) is 1.55. The Balaban J connectivity index is 1.99. The van der Waals surface area contributed by atoms with E-state index in [1.807, 2.05) is 26.0 Å². The number of methoxy groups -OCH3 is 1. The lowest BCUT2D eigenvalue weighted by Gasteiger charge is -2.29. The van der Waals surface area contributed by atoms with Crippen LogP contribution in [-0.2, 0) is 6.42 Å². The molecule has 0 aliphatic heterocycles. The third-order valence-corrected chi connectivity index (χ3v) is 4.90. The predicted octanol–water partition coefficient (Wildman–Crippen LogP) is 3.50. The number of carbonyl (C=O) groups is 2. The van der Waals surface area contributed by atoms with Crippen LogP contribution in [-0.4, -0.2) is 24.8 Å². The van der Waals surface area contributed by atoms with E-state index in [0.29, 0.717) is 41.3 Å². The van der Waals surface area contributed by atoms with Gasteiger partial charge in [0.15, 0.2) is 5.76 Å². The minimum atomic E-state index is -0.743. The van der Waals surface area contributed by atoms with Crippen LogP contribution in [0.2, 0.25) is 0 Å². The number of aryl methyl sites for hydroxylation is 1.